The molecule has 32 heavy (non-hydrogen) atoms. The van der Waals surface area contributed by atoms with Gasteiger partial charge < -0.3 is 15.0 Å². The van der Waals surface area contributed by atoms with Crippen molar-refractivity contribution in [3.8, 4) is 0 Å². The molecule has 1 aromatic heterocycles. The normalized spacial score (nSPS) is 27.7. The van der Waals surface area contributed by atoms with Gasteiger partial charge in [0.1, 0.15) is 0 Å². The summed E-state index contributed by atoms with van der Waals surface area (Å²) in [4.78, 5) is 28.0. The molecule has 1 aromatic rings. The van der Waals surface area contributed by atoms with Crippen LogP contribution in [0.15, 0.2) is 23.0 Å². The molecule has 4 atom stereocenters. The molecular weight excluding hydrogens is 423 g/mol. The van der Waals surface area contributed by atoms with Gasteiger partial charge in [0, 0.05) is 49.5 Å². The van der Waals surface area contributed by atoms with Gasteiger partial charge in [-0.1, -0.05) is 6.08 Å². The van der Waals surface area contributed by atoms with Gasteiger partial charge >= 0.3 is 6.18 Å². The summed E-state index contributed by atoms with van der Waals surface area (Å²) in [7, 11) is 0. The van der Waals surface area contributed by atoms with Crippen LogP contribution < -0.4 is 10.9 Å². The molecule has 3 aliphatic rings. The number of aliphatic hydroxyl groups excluding tert-OH is 1. The number of hydrogen-bond acceptors (Lipinski definition) is 4. The third-order valence-corrected chi connectivity index (χ3v) is 7.11. The lowest BCUT2D eigenvalue weighted by Crippen LogP contribution is -2.47. The van der Waals surface area contributed by atoms with Gasteiger partial charge in [0.2, 0.25) is 5.91 Å². The van der Waals surface area contributed by atoms with Crippen molar-refractivity contribution >= 4 is 11.5 Å². The Hall–Kier alpha value is -2.13. The van der Waals surface area contributed by atoms with E-state index < -0.39 is 36.5 Å². The summed E-state index contributed by atoms with van der Waals surface area (Å²) in [6, 6.07) is 2.36. The number of amides is 1. The molecule has 9 heteroatoms. The van der Waals surface area contributed by atoms with Crippen molar-refractivity contribution in [3.05, 3.63) is 39.8 Å². The smallest absolute Gasteiger partial charge is 0.390 e. The molecule has 1 fully saturated rings. The molecule has 0 aromatic carbocycles. The number of carbonyl (C=O) groups excluding carboxylic acids is 1. The summed E-state index contributed by atoms with van der Waals surface area (Å²) in [6.45, 7) is 1.73. The Balaban J connectivity index is 1.78. The van der Waals surface area contributed by atoms with Gasteiger partial charge in [0.25, 0.3) is 5.56 Å². The molecule has 2 bridgehead atoms. The van der Waals surface area contributed by atoms with Gasteiger partial charge in [0.15, 0.2) is 0 Å². The summed E-state index contributed by atoms with van der Waals surface area (Å²) in [5.74, 6) is -1.56. The van der Waals surface area contributed by atoms with Gasteiger partial charge in [-0.2, -0.15) is 13.2 Å². The summed E-state index contributed by atoms with van der Waals surface area (Å²) in [6.07, 6.45) is 0.641. The Morgan fingerprint density at radius 3 is 2.69 bits per heavy atom. The fraction of sp³-hybridized carbons (Fsp3) is 0.652. The van der Waals surface area contributed by atoms with Crippen LogP contribution in [0, 0.1) is 11.8 Å². The average Bonchev–Trinajstić information content (AvgIpc) is 2.98. The monoisotopic (exact) mass is 453 g/mol. The SMILES string of the molecule is CCNC(=O)[C@H]1[C@H](CO)[C@H]2Cn3c(ccc(C4=CCCCC4)c3=O)[C@@H]1N2CCC(F)(F)F. The number of aliphatic hydroxyl groups is 1. The minimum absolute atomic E-state index is 0.158. The molecule has 1 saturated heterocycles. The number of allylic oxidation sites excluding steroid dienone is 2. The van der Waals surface area contributed by atoms with Gasteiger partial charge in [-0.3, -0.25) is 14.5 Å². The standard InChI is InChI=1S/C23H30F3N3O3/c1-2-27-21(31)19-16(13-30)18-12-29-17(20(19)28(18)11-10-23(24,25)26)9-8-15(22(29)32)14-6-4-3-5-7-14/h6,8-9,16,18-20,30H,2-5,7,10-13H2,1H3,(H,27,31)/t16-,18-,19+,20+/m1/s1. The first-order chi connectivity index (χ1) is 15.3. The van der Waals surface area contributed by atoms with Crippen LogP contribution in [0.1, 0.15) is 56.3 Å². The minimum Gasteiger partial charge on any atom is -0.396 e. The zero-order chi connectivity index (χ0) is 23.0. The maximum absolute atomic E-state index is 13.4. The van der Waals surface area contributed by atoms with Gasteiger partial charge in [0.05, 0.1) is 18.4 Å². The van der Waals surface area contributed by atoms with Crippen LogP contribution in [0.5, 0.6) is 0 Å². The zero-order valence-electron chi connectivity index (χ0n) is 18.2. The number of carbonyl (C=O) groups is 1. The van der Waals surface area contributed by atoms with Crippen molar-refractivity contribution in [2.24, 2.45) is 11.8 Å². The number of alkyl halides is 3. The molecule has 4 rings (SSSR count). The maximum Gasteiger partial charge on any atom is 0.390 e. The highest BCUT2D eigenvalue weighted by Gasteiger charge is 2.56. The molecule has 176 valence electrons. The first kappa shape index (κ1) is 23.0. The predicted octanol–water partition coefficient (Wildman–Crippen LogP) is 2.86. The summed E-state index contributed by atoms with van der Waals surface area (Å²) >= 11 is 0. The highest BCUT2D eigenvalue weighted by molar-refractivity contribution is 5.80. The Labute approximate surface area is 185 Å². The molecule has 2 N–H and O–H groups in total. The minimum atomic E-state index is -4.33. The number of halogens is 3. The van der Waals surface area contributed by atoms with Crippen molar-refractivity contribution in [1.29, 1.82) is 0 Å². The van der Waals surface area contributed by atoms with Crippen molar-refractivity contribution in [3.63, 3.8) is 0 Å². The second kappa shape index (κ2) is 9.02. The Morgan fingerprint density at radius 2 is 2.06 bits per heavy atom. The van der Waals surface area contributed by atoms with Crippen molar-refractivity contribution < 1.29 is 23.1 Å². The molecule has 0 spiro atoms. The van der Waals surface area contributed by atoms with Crippen LogP contribution in [0.2, 0.25) is 0 Å². The van der Waals surface area contributed by atoms with E-state index in [4.69, 9.17) is 0 Å². The van der Waals surface area contributed by atoms with Crippen LogP contribution >= 0.6 is 0 Å². The van der Waals surface area contributed by atoms with E-state index in [1.54, 1.807) is 28.5 Å². The maximum atomic E-state index is 13.4. The fourth-order valence-electron chi connectivity index (χ4n) is 5.71. The highest BCUT2D eigenvalue weighted by Crippen LogP contribution is 2.48. The molecule has 3 heterocycles. The molecule has 6 nitrogen and oxygen atoms in total. The van der Waals surface area contributed by atoms with E-state index in [0.717, 1.165) is 31.3 Å². The Morgan fingerprint density at radius 1 is 1.28 bits per heavy atom. The van der Waals surface area contributed by atoms with E-state index in [-0.39, 0.29) is 31.2 Å². The van der Waals surface area contributed by atoms with Crippen LogP contribution in [0.4, 0.5) is 13.2 Å². The summed E-state index contributed by atoms with van der Waals surface area (Å²) in [5, 5.41) is 12.9. The number of nitrogens with one attached hydrogen (secondary N) is 1. The lowest BCUT2D eigenvalue weighted by molar-refractivity contribution is -0.140. The van der Waals surface area contributed by atoms with E-state index in [1.807, 2.05) is 0 Å². The lowest BCUT2D eigenvalue weighted by Gasteiger charge is -2.38. The van der Waals surface area contributed by atoms with E-state index in [9.17, 15) is 27.9 Å². The number of rotatable bonds is 6. The van der Waals surface area contributed by atoms with Crippen LogP contribution in [0.25, 0.3) is 5.57 Å². The third kappa shape index (κ3) is 4.12. The zero-order valence-corrected chi connectivity index (χ0v) is 18.2. The lowest BCUT2D eigenvalue weighted by atomic mass is 9.86. The number of nitrogens with zero attached hydrogens (tertiary/aromatic N) is 2. The topological polar surface area (TPSA) is 74.6 Å². The number of hydrogen-bond donors (Lipinski definition) is 2. The second-order valence-electron chi connectivity index (χ2n) is 8.94. The first-order valence-corrected chi connectivity index (χ1v) is 11.4. The van der Waals surface area contributed by atoms with E-state index >= 15 is 0 Å². The third-order valence-electron chi connectivity index (χ3n) is 7.11. The predicted molar refractivity (Wildman–Crippen MR) is 114 cm³/mol. The summed E-state index contributed by atoms with van der Waals surface area (Å²) < 4.78 is 40.8. The largest absolute Gasteiger partial charge is 0.396 e. The van der Waals surface area contributed by atoms with Gasteiger partial charge in [-0.05, 0) is 50.3 Å². The average molecular weight is 454 g/mol. The quantitative estimate of drug-likeness (QED) is 0.695. The molecule has 0 saturated carbocycles. The van der Waals surface area contributed by atoms with Crippen molar-refractivity contribution in [1.82, 2.24) is 14.8 Å². The van der Waals surface area contributed by atoms with E-state index in [0.29, 0.717) is 17.8 Å². The van der Waals surface area contributed by atoms with E-state index in [1.165, 1.54) is 0 Å². The fourth-order valence-corrected chi connectivity index (χ4v) is 5.71. The van der Waals surface area contributed by atoms with Crippen molar-refractivity contribution in [2.75, 3.05) is 19.7 Å². The van der Waals surface area contributed by atoms with Crippen LogP contribution in [0.3, 0.4) is 0 Å². The number of pyridine rings is 1. The molecule has 1 aliphatic carbocycles. The first-order valence-electron chi connectivity index (χ1n) is 11.4. The second-order valence-corrected chi connectivity index (χ2v) is 8.94. The number of fused-ring (bicyclic) bond motifs is 4. The molecule has 0 unspecified atom stereocenters. The Bertz CT molecular complexity index is 956. The van der Waals surface area contributed by atoms with Crippen LogP contribution in [-0.2, 0) is 11.3 Å². The molecule has 2 aliphatic heterocycles. The Kier molecular flexibility index (Phi) is 6.49. The summed E-state index contributed by atoms with van der Waals surface area (Å²) in [5.41, 5.74) is 2.05. The molecular formula is C23H30F3N3O3. The molecule has 1 amide bonds. The van der Waals surface area contributed by atoms with Gasteiger partial charge in [-0.25, -0.2) is 0 Å². The van der Waals surface area contributed by atoms with Gasteiger partial charge in [-0.15, -0.1) is 0 Å². The van der Waals surface area contributed by atoms with Crippen molar-refractivity contribution in [2.45, 2.75) is 63.8 Å². The van der Waals surface area contributed by atoms with E-state index in [2.05, 4.69) is 11.4 Å². The highest BCUT2D eigenvalue weighted by atomic mass is 19.4. The van der Waals surface area contributed by atoms with Crippen LogP contribution in [-0.4, -0.2) is 52.4 Å². The number of aromatic nitrogens is 1. The molecule has 0 radical (unpaired) electrons.